The molecule has 9 heteroatoms. The number of benzene rings is 1. The van der Waals surface area contributed by atoms with E-state index in [1.54, 1.807) is 25.1 Å². The standard InChI is InChI=1S/C17H17F2N3O2.C7H6ClF/c18-17(19)3-1-8-5-9(6-10(8)17)12-7-13(23)14-11(22-12)2-4-21-15(14)16(20)24;1-5-3-2-4-6(9)7(5)8/h2,4,7-10H,1,3,5-6H2,(H2,20,24)(H,22,23);2-4H,1H3. The van der Waals surface area contributed by atoms with Crippen LogP contribution in [-0.4, -0.2) is 21.8 Å². The second kappa shape index (κ2) is 8.82. The normalized spacial score (nSPS) is 23.1. The van der Waals surface area contributed by atoms with E-state index >= 15 is 0 Å². The quantitative estimate of drug-likeness (QED) is 0.521. The number of nitrogens with two attached hydrogens (primary N) is 1. The van der Waals surface area contributed by atoms with Crippen molar-refractivity contribution in [3.8, 4) is 0 Å². The van der Waals surface area contributed by atoms with Crippen LogP contribution in [0.1, 0.15) is 53.3 Å². The summed E-state index contributed by atoms with van der Waals surface area (Å²) in [6.07, 6.45) is 2.96. The lowest BCUT2D eigenvalue weighted by Gasteiger charge is -2.18. The molecule has 1 amide bonds. The van der Waals surface area contributed by atoms with Crippen molar-refractivity contribution in [1.29, 1.82) is 0 Å². The van der Waals surface area contributed by atoms with Crippen LogP contribution < -0.4 is 11.2 Å². The predicted octanol–water partition coefficient (Wildman–Crippen LogP) is 5.35. The first kappa shape index (κ1) is 23.3. The number of amides is 1. The van der Waals surface area contributed by atoms with Gasteiger partial charge in [0, 0.05) is 30.3 Å². The highest BCUT2D eigenvalue weighted by Crippen LogP contribution is 2.56. The number of halogens is 4. The molecule has 0 bridgehead atoms. The Morgan fingerprint density at radius 1 is 1.27 bits per heavy atom. The molecule has 5 rings (SSSR count). The van der Waals surface area contributed by atoms with Crippen LogP contribution in [0.15, 0.2) is 41.3 Å². The Balaban J connectivity index is 0.000000243. The number of carbonyl (C=O) groups excluding carboxylic acids is 1. The largest absolute Gasteiger partial charge is 0.364 e. The lowest BCUT2D eigenvalue weighted by Crippen LogP contribution is -2.22. The first-order chi connectivity index (χ1) is 15.6. The van der Waals surface area contributed by atoms with Gasteiger partial charge in [-0.15, -0.1) is 0 Å². The summed E-state index contributed by atoms with van der Waals surface area (Å²) in [4.78, 5) is 30.9. The van der Waals surface area contributed by atoms with E-state index in [1.165, 1.54) is 18.3 Å². The van der Waals surface area contributed by atoms with Crippen LogP contribution in [-0.2, 0) is 0 Å². The zero-order valence-corrected chi connectivity index (χ0v) is 18.6. The van der Waals surface area contributed by atoms with Gasteiger partial charge < -0.3 is 10.7 Å². The number of rotatable bonds is 2. The molecule has 0 radical (unpaired) electrons. The van der Waals surface area contributed by atoms with E-state index in [4.69, 9.17) is 17.3 Å². The fourth-order valence-electron chi connectivity index (χ4n) is 5.02. The van der Waals surface area contributed by atoms with Gasteiger partial charge in [0.2, 0.25) is 0 Å². The Morgan fingerprint density at radius 3 is 2.67 bits per heavy atom. The molecule has 3 N–H and O–H groups in total. The monoisotopic (exact) mass is 477 g/mol. The third kappa shape index (κ3) is 4.49. The molecule has 5 nitrogen and oxygen atoms in total. The SMILES string of the molecule is Cc1cccc(F)c1Cl.NC(=O)c1nccc2[nH]c(C3CC4CCC(F)(F)C4C3)cc(=O)c12. The van der Waals surface area contributed by atoms with E-state index in [0.717, 1.165) is 5.56 Å². The van der Waals surface area contributed by atoms with Gasteiger partial charge in [0.25, 0.3) is 11.8 Å². The number of carbonyl (C=O) groups is 1. The van der Waals surface area contributed by atoms with E-state index in [-0.39, 0.29) is 45.6 Å². The maximum Gasteiger partial charge on any atom is 0.268 e. The van der Waals surface area contributed by atoms with Crippen LogP contribution in [0.25, 0.3) is 10.9 Å². The molecule has 2 saturated carbocycles. The van der Waals surface area contributed by atoms with Crippen molar-refractivity contribution < 1.29 is 18.0 Å². The van der Waals surface area contributed by atoms with E-state index < -0.39 is 17.7 Å². The Hall–Kier alpha value is -2.87. The Labute approximate surface area is 193 Å². The molecular weight excluding hydrogens is 455 g/mol. The Kier molecular flexibility index (Phi) is 6.22. The average molecular weight is 478 g/mol. The number of nitrogens with zero attached hydrogens (tertiary/aromatic N) is 1. The van der Waals surface area contributed by atoms with E-state index in [9.17, 15) is 22.8 Å². The third-order valence-corrected chi connectivity index (χ3v) is 7.15. The van der Waals surface area contributed by atoms with Gasteiger partial charge in [-0.2, -0.15) is 0 Å². The second-order valence-corrected chi connectivity index (χ2v) is 9.12. The summed E-state index contributed by atoms with van der Waals surface area (Å²) in [6, 6.07) is 7.74. The maximum absolute atomic E-state index is 13.9. The minimum Gasteiger partial charge on any atom is -0.364 e. The van der Waals surface area contributed by atoms with Gasteiger partial charge in [0.1, 0.15) is 11.5 Å². The molecule has 0 aliphatic heterocycles. The highest BCUT2D eigenvalue weighted by molar-refractivity contribution is 6.31. The molecule has 1 aromatic carbocycles. The number of pyridine rings is 2. The first-order valence-electron chi connectivity index (χ1n) is 10.7. The smallest absolute Gasteiger partial charge is 0.268 e. The zero-order valence-electron chi connectivity index (χ0n) is 17.9. The summed E-state index contributed by atoms with van der Waals surface area (Å²) in [7, 11) is 0. The molecule has 0 spiro atoms. The van der Waals surface area contributed by atoms with Gasteiger partial charge >= 0.3 is 0 Å². The molecule has 2 aliphatic carbocycles. The number of hydrogen-bond acceptors (Lipinski definition) is 3. The molecule has 3 aromatic rings. The van der Waals surface area contributed by atoms with E-state index in [2.05, 4.69) is 9.97 Å². The molecule has 2 fully saturated rings. The number of aromatic nitrogens is 2. The maximum atomic E-state index is 13.9. The van der Waals surface area contributed by atoms with Crippen LogP contribution in [0.2, 0.25) is 5.02 Å². The van der Waals surface area contributed by atoms with Crippen LogP contribution >= 0.6 is 11.6 Å². The molecule has 2 aromatic heterocycles. The van der Waals surface area contributed by atoms with E-state index in [1.807, 2.05) is 0 Å². The van der Waals surface area contributed by atoms with Gasteiger partial charge in [-0.25, -0.2) is 13.2 Å². The van der Waals surface area contributed by atoms with Crippen LogP contribution in [0, 0.1) is 24.6 Å². The number of hydrogen-bond donors (Lipinski definition) is 2. The van der Waals surface area contributed by atoms with Gasteiger partial charge in [0.05, 0.1) is 15.9 Å². The van der Waals surface area contributed by atoms with Crippen molar-refractivity contribution in [2.75, 3.05) is 0 Å². The lowest BCUT2D eigenvalue weighted by molar-refractivity contribution is -0.0412. The predicted molar refractivity (Wildman–Crippen MR) is 120 cm³/mol. The molecule has 2 aliphatic rings. The van der Waals surface area contributed by atoms with Gasteiger partial charge in [0.15, 0.2) is 5.43 Å². The third-order valence-electron chi connectivity index (χ3n) is 6.67. The zero-order chi connectivity index (χ0) is 23.9. The topological polar surface area (TPSA) is 88.8 Å². The Morgan fingerprint density at radius 2 is 2.03 bits per heavy atom. The van der Waals surface area contributed by atoms with Crippen molar-refractivity contribution in [2.45, 2.75) is 44.4 Å². The molecule has 3 atom stereocenters. The summed E-state index contributed by atoms with van der Waals surface area (Å²) in [5.74, 6) is -4.39. The number of primary amides is 1. The van der Waals surface area contributed by atoms with Crippen molar-refractivity contribution in [2.24, 2.45) is 17.6 Å². The molecule has 33 heavy (non-hydrogen) atoms. The van der Waals surface area contributed by atoms with Crippen molar-refractivity contribution >= 4 is 28.4 Å². The summed E-state index contributed by atoms with van der Waals surface area (Å²) in [5, 5.41) is 0.370. The van der Waals surface area contributed by atoms with Crippen molar-refractivity contribution in [1.82, 2.24) is 9.97 Å². The summed E-state index contributed by atoms with van der Waals surface area (Å²) in [5.41, 5.74) is 6.72. The van der Waals surface area contributed by atoms with Crippen LogP contribution in [0.4, 0.5) is 13.2 Å². The van der Waals surface area contributed by atoms with Gasteiger partial charge in [-0.05, 0) is 55.7 Å². The number of H-pyrrole nitrogens is 1. The fourth-order valence-corrected chi connectivity index (χ4v) is 5.14. The molecule has 2 heterocycles. The second-order valence-electron chi connectivity index (χ2n) is 8.74. The molecule has 3 unspecified atom stereocenters. The molecular formula is C24H23ClF3N3O2. The van der Waals surface area contributed by atoms with Gasteiger partial charge in [-0.3, -0.25) is 14.6 Å². The van der Waals surface area contributed by atoms with Gasteiger partial charge in [-0.1, -0.05) is 23.7 Å². The Bertz CT molecular complexity index is 1260. The summed E-state index contributed by atoms with van der Waals surface area (Å²) < 4.78 is 40.3. The number of fused-ring (bicyclic) bond motifs is 2. The van der Waals surface area contributed by atoms with Crippen LogP contribution in [0.3, 0.4) is 0 Å². The summed E-state index contributed by atoms with van der Waals surface area (Å²) >= 11 is 5.50. The number of nitrogens with one attached hydrogen (secondary N) is 1. The van der Waals surface area contributed by atoms with Crippen molar-refractivity contribution in [3.63, 3.8) is 0 Å². The molecule has 0 saturated heterocycles. The van der Waals surface area contributed by atoms with E-state index in [0.29, 0.717) is 30.5 Å². The summed E-state index contributed by atoms with van der Waals surface area (Å²) in [6.45, 7) is 1.77. The average Bonchev–Trinajstić information content (AvgIpc) is 3.32. The number of aryl methyl sites for hydroxylation is 1. The lowest BCUT2D eigenvalue weighted by atomic mass is 9.97. The number of aromatic amines is 1. The number of alkyl halides is 2. The van der Waals surface area contributed by atoms with Crippen LogP contribution in [0.5, 0.6) is 0 Å². The van der Waals surface area contributed by atoms with Crippen molar-refractivity contribution in [3.05, 3.63) is 74.5 Å². The highest BCUT2D eigenvalue weighted by atomic mass is 35.5. The first-order valence-corrected chi connectivity index (χ1v) is 11.1. The fraction of sp³-hybridized carbons (Fsp3) is 0.375. The molecule has 174 valence electrons. The minimum absolute atomic E-state index is 0.0165. The highest BCUT2D eigenvalue weighted by Gasteiger charge is 2.54. The minimum atomic E-state index is -2.60.